The molecule has 2 nitrogen and oxygen atoms in total. The molecule has 0 aliphatic carbocycles. The van der Waals surface area contributed by atoms with E-state index in [9.17, 15) is 8.42 Å². The smallest absolute Gasteiger partial charge is 0.202 e. The van der Waals surface area contributed by atoms with Crippen LogP contribution in [-0.4, -0.2) is 8.42 Å². The zero-order valence-electron chi connectivity index (χ0n) is 7.16. The molecule has 1 aliphatic heterocycles. The monoisotopic (exact) mass is 194 g/mol. The highest BCUT2D eigenvalue weighted by Gasteiger charge is 2.25. The summed E-state index contributed by atoms with van der Waals surface area (Å²) < 4.78 is 23.4. The lowest BCUT2D eigenvalue weighted by molar-refractivity contribution is 0.595. The summed E-state index contributed by atoms with van der Waals surface area (Å²) in [4.78, 5) is 0.775. The molecule has 0 spiro atoms. The van der Waals surface area contributed by atoms with Crippen molar-refractivity contribution in [2.45, 2.75) is 17.7 Å². The fourth-order valence-electron chi connectivity index (χ4n) is 1.54. The van der Waals surface area contributed by atoms with Gasteiger partial charge in [-0.2, -0.15) is 0 Å². The fraction of sp³-hybridized carbons (Fsp3) is 0.200. The number of hydrogen-bond donors (Lipinski definition) is 0. The fourth-order valence-corrected chi connectivity index (χ4v) is 2.99. The Bertz CT molecular complexity index is 458. The molecule has 0 fully saturated rings. The maximum absolute atomic E-state index is 11.7. The third kappa shape index (κ3) is 1.20. The van der Waals surface area contributed by atoms with E-state index < -0.39 is 9.84 Å². The average molecular weight is 194 g/mol. The molecular formula is C10H10O2S. The maximum atomic E-state index is 11.7. The number of fused-ring (bicyclic) bond motifs is 1. The van der Waals surface area contributed by atoms with Crippen LogP contribution in [0, 0.1) is 0 Å². The minimum Gasteiger partial charge on any atom is -0.219 e. The Morgan fingerprint density at radius 3 is 2.62 bits per heavy atom. The molecule has 0 atom stereocenters. The Hall–Kier alpha value is -1.09. The molecule has 13 heavy (non-hydrogen) atoms. The van der Waals surface area contributed by atoms with E-state index in [2.05, 4.69) is 6.58 Å². The van der Waals surface area contributed by atoms with Crippen LogP contribution in [0.4, 0.5) is 0 Å². The standard InChI is InChI=1S/C10H10O2S/c1-8-6-7-9-4-2-3-5-10(9)13(8,11)12/h2-5H,1,6-7H2. The van der Waals surface area contributed by atoms with Gasteiger partial charge in [0, 0.05) is 4.91 Å². The van der Waals surface area contributed by atoms with Gasteiger partial charge in [-0.3, -0.25) is 0 Å². The molecule has 1 aromatic carbocycles. The van der Waals surface area contributed by atoms with E-state index in [4.69, 9.17) is 0 Å². The molecule has 0 radical (unpaired) electrons. The molecule has 1 aliphatic rings. The highest BCUT2D eigenvalue weighted by atomic mass is 32.2. The van der Waals surface area contributed by atoms with Gasteiger partial charge in [-0.25, -0.2) is 8.42 Å². The molecular weight excluding hydrogens is 184 g/mol. The van der Waals surface area contributed by atoms with Crippen molar-refractivity contribution in [2.75, 3.05) is 0 Å². The first kappa shape index (κ1) is 8.51. The number of sulfone groups is 1. The number of rotatable bonds is 0. The van der Waals surface area contributed by atoms with E-state index in [1.165, 1.54) is 0 Å². The summed E-state index contributed by atoms with van der Waals surface area (Å²) in [5, 5.41) is 0. The van der Waals surface area contributed by atoms with Crippen LogP contribution in [0.25, 0.3) is 0 Å². The molecule has 1 heterocycles. The summed E-state index contributed by atoms with van der Waals surface area (Å²) in [6.07, 6.45) is 1.34. The van der Waals surface area contributed by atoms with Crippen LogP contribution in [0.5, 0.6) is 0 Å². The van der Waals surface area contributed by atoms with Gasteiger partial charge in [-0.05, 0) is 24.5 Å². The van der Waals surface area contributed by atoms with Gasteiger partial charge in [0.2, 0.25) is 9.84 Å². The summed E-state index contributed by atoms with van der Waals surface area (Å²) in [5.74, 6) is 0. The largest absolute Gasteiger partial charge is 0.219 e. The summed E-state index contributed by atoms with van der Waals surface area (Å²) in [7, 11) is -3.22. The second-order valence-corrected chi connectivity index (χ2v) is 5.17. The predicted molar refractivity (Wildman–Crippen MR) is 51.1 cm³/mol. The third-order valence-corrected chi connectivity index (χ3v) is 4.26. The Morgan fingerprint density at radius 1 is 1.15 bits per heavy atom. The van der Waals surface area contributed by atoms with Gasteiger partial charge in [0.05, 0.1) is 4.90 Å². The number of allylic oxidation sites excluding steroid dienone is 1. The SMILES string of the molecule is C=C1CCc2ccccc2S1(=O)=O. The molecule has 1 aromatic rings. The molecule has 0 saturated carbocycles. The normalized spacial score (nSPS) is 19.5. The third-order valence-electron chi connectivity index (χ3n) is 2.32. The van der Waals surface area contributed by atoms with Crippen molar-refractivity contribution in [3.63, 3.8) is 0 Å². The Labute approximate surface area is 77.8 Å². The summed E-state index contributed by atoms with van der Waals surface area (Å²) in [5.41, 5.74) is 0.912. The van der Waals surface area contributed by atoms with Crippen LogP contribution in [0.2, 0.25) is 0 Å². The number of hydrogen-bond acceptors (Lipinski definition) is 2. The van der Waals surface area contributed by atoms with Crippen molar-refractivity contribution in [3.8, 4) is 0 Å². The summed E-state index contributed by atoms with van der Waals surface area (Å²) in [6, 6.07) is 7.12. The molecule has 0 unspecified atom stereocenters. The van der Waals surface area contributed by atoms with E-state index in [-0.39, 0.29) is 0 Å². The lowest BCUT2D eigenvalue weighted by atomic mass is 10.1. The van der Waals surface area contributed by atoms with E-state index in [1.807, 2.05) is 12.1 Å². The highest BCUT2D eigenvalue weighted by Crippen LogP contribution is 2.30. The zero-order chi connectivity index (χ0) is 9.47. The molecule has 3 heteroatoms. The van der Waals surface area contributed by atoms with Gasteiger partial charge in [-0.15, -0.1) is 0 Å². The molecule has 0 N–H and O–H groups in total. The van der Waals surface area contributed by atoms with E-state index >= 15 is 0 Å². The minimum atomic E-state index is -3.22. The van der Waals surface area contributed by atoms with Gasteiger partial charge >= 0.3 is 0 Å². The molecule has 0 aromatic heterocycles. The van der Waals surface area contributed by atoms with Crippen molar-refractivity contribution >= 4 is 9.84 Å². The molecule has 0 saturated heterocycles. The zero-order valence-corrected chi connectivity index (χ0v) is 7.97. The highest BCUT2D eigenvalue weighted by molar-refractivity contribution is 7.95. The first-order chi connectivity index (χ1) is 6.12. The Balaban J connectivity index is 2.73. The van der Waals surface area contributed by atoms with E-state index in [1.54, 1.807) is 12.1 Å². The summed E-state index contributed by atoms with van der Waals surface area (Å²) >= 11 is 0. The Morgan fingerprint density at radius 2 is 1.85 bits per heavy atom. The van der Waals surface area contributed by atoms with Gasteiger partial charge in [-0.1, -0.05) is 24.8 Å². The quantitative estimate of drug-likeness (QED) is 0.632. The maximum Gasteiger partial charge on any atom is 0.202 e. The van der Waals surface area contributed by atoms with Gasteiger partial charge in [0.1, 0.15) is 0 Å². The van der Waals surface area contributed by atoms with Gasteiger partial charge in [0.25, 0.3) is 0 Å². The lowest BCUT2D eigenvalue weighted by Gasteiger charge is -2.17. The molecule has 0 bridgehead atoms. The number of benzene rings is 1. The number of aryl methyl sites for hydroxylation is 1. The minimum absolute atomic E-state index is 0.339. The van der Waals surface area contributed by atoms with Crippen LogP contribution in [-0.2, 0) is 16.3 Å². The molecule has 68 valence electrons. The van der Waals surface area contributed by atoms with Crippen LogP contribution in [0.1, 0.15) is 12.0 Å². The Kier molecular flexibility index (Phi) is 1.77. The van der Waals surface area contributed by atoms with Crippen molar-refractivity contribution in [3.05, 3.63) is 41.3 Å². The van der Waals surface area contributed by atoms with E-state index in [0.717, 1.165) is 12.0 Å². The van der Waals surface area contributed by atoms with Crippen molar-refractivity contribution in [1.82, 2.24) is 0 Å². The van der Waals surface area contributed by atoms with Crippen LogP contribution in [0.3, 0.4) is 0 Å². The van der Waals surface area contributed by atoms with Crippen molar-refractivity contribution < 1.29 is 8.42 Å². The van der Waals surface area contributed by atoms with E-state index in [0.29, 0.717) is 16.2 Å². The second kappa shape index (κ2) is 2.70. The van der Waals surface area contributed by atoms with Crippen LogP contribution >= 0.6 is 0 Å². The molecule has 2 rings (SSSR count). The van der Waals surface area contributed by atoms with Crippen molar-refractivity contribution in [2.24, 2.45) is 0 Å². The van der Waals surface area contributed by atoms with Crippen molar-refractivity contribution in [1.29, 1.82) is 0 Å². The lowest BCUT2D eigenvalue weighted by Crippen LogP contribution is -2.13. The van der Waals surface area contributed by atoms with Gasteiger partial charge in [0.15, 0.2) is 0 Å². The van der Waals surface area contributed by atoms with Gasteiger partial charge < -0.3 is 0 Å². The predicted octanol–water partition coefficient (Wildman–Crippen LogP) is 1.92. The van der Waals surface area contributed by atoms with Crippen LogP contribution in [0.15, 0.2) is 40.6 Å². The first-order valence-electron chi connectivity index (χ1n) is 4.13. The first-order valence-corrected chi connectivity index (χ1v) is 5.61. The topological polar surface area (TPSA) is 34.1 Å². The second-order valence-electron chi connectivity index (χ2n) is 3.15. The molecule has 0 amide bonds. The van der Waals surface area contributed by atoms with Crippen LogP contribution < -0.4 is 0 Å². The average Bonchev–Trinajstić information content (AvgIpc) is 2.13. The summed E-state index contributed by atoms with van der Waals surface area (Å²) in [6.45, 7) is 3.58.